The summed E-state index contributed by atoms with van der Waals surface area (Å²) < 4.78 is 26.5. The van der Waals surface area contributed by atoms with E-state index in [9.17, 15) is 9.50 Å². The summed E-state index contributed by atoms with van der Waals surface area (Å²) in [4.78, 5) is 2.23. The molecule has 1 saturated heterocycles. The van der Waals surface area contributed by atoms with Gasteiger partial charge >= 0.3 is 0 Å². The van der Waals surface area contributed by atoms with Crippen molar-refractivity contribution in [2.45, 2.75) is 31.7 Å². The van der Waals surface area contributed by atoms with E-state index in [1.165, 1.54) is 30.4 Å². The zero-order valence-electron chi connectivity index (χ0n) is 16.9. The van der Waals surface area contributed by atoms with Crippen LogP contribution in [0.2, 0.25) is 0 Å². The number of benzene rings is 2. The molecule has 1 fully saturated rings. The number of aromatic nitrogens is 2. The number of piperidine rings is 1. The molecule has 0 spiro atoms. The molecule has 1 aromatic heterocycles. The SMILES string of the molecule is COc1cc(F)ccc1O[C@@H]1CCN(Cc2ccccc2Cn2cccn2)C[C@H]1O. The first-order valence-corrected chi connectivity index (χ1v) is 10.1. The predicted molar refractivity (Wildman–Crippen MR) is 111 cm³/mol. The fourth-order valence-electron chi connectivity index (χ4n) is 3.83. The fraction of sp³-hybridized carbons (Fsp3) is 0.348. The Morgan fingerprint density at radius 3 is 2.60 bits per heavy atom. The molecule has 1 aliphatic heterocycles. The highest BCUT2D eigenvalue weighted by atomic mass is 19.1. The van der Waals surface area contributed by atoms with Crippen LogP contribution in [-0.4, -0.2) is 52.2 Å². The molecule has 0 amide bonds. The van der Waals surface area contributed by atoms with Crippen LogP contribution in [0.25, 0.3) is 0 Å². The molecule has 158 valence electrons. The Hall–Kier alpha value is -2.90. The largest absolute Gasteiger partial charge is 0.493 e. The van der Waals surface area contributed by atoms with E-state index in [-0.39, 0.29) is 11.9 Å². The van der Waals surface area contributed by atoms with Gasteiger partial charge in [-0.25, -0.2) is 4.39 Å². The van der Waals surface area contributed by atoms with Gasteiger partial charge in [0.25, 0.3) is 0 Å². The standard InChI is InChI=1S/C23H26FN3O3/c1-29-23-13-19(24)7-8-22(23)30-21-9-12-26(16-20(21)28)14-17-5-2-3-6-18(17)15-27-11-4-10-25-27/h2-8,10-11,13,20-21,28H,9,12,14-16H2,1H3/t20-,21-/m1/s1. The molecule has 0 saturated carbocycles. The number of likely N-dealkylation sites (tertiary alicyclic amines) is 1. The number of aliphatic hydroxyl groups is 1. The molecule has 3 aromatic rings. The van der Waals surface area contributed by atoms with Gasteiger partial charge in [0.1, 0.15) is 18.0 Å². The Balaban J connectivity index is 1.38. The topological polar surface area (TPSA) is 59.8 Å². The third kappa shape index (κ3) is 4.80. The molecule has 0 aliphatic carbocycles. The monoisotopic (exact) mass is 411 g/mol. The quantitative estimate of drug-likeness (QED) is 0.648. The summed E-state index contributed by atoms with van der Waals surface area (Å²) >= 11 is 0. The van der Waals surface area contributed by atoms with Gasteiger partial charge in [0.15, 0.2) is 11.5 Å². The fourth-order valence-corrected chi connectivity index (χ4v) is 3.83. The third-order valence-electron chi connectivity index (χ3n) is 5.41. The number of aliphatic hydroxyl groups excluding tert-OH is 1. The Kier molecular flexibility index (Phi) is 6.30. The number of β-amino-alcohol motifs (C(OH)–C–C–N with tert-alkyl or cyclic N) is 1. The van der Waals surface area contributed by atoms with Crippen molar-refractivity contribution in [3.63, 3.8) is 0 Å². The summed E-state index contributed by atoms with van der Waals surface area (Å²) in [5.74, 6) is 0.390. The molecule has 2 aromatic carbocycles. The average molecular weight is 411 g/mol. The molecule has 1 N–H and O–H groups in total. The number of nitrogens with zero attached hydrogens (tertiary/aromatic N) is 3. The maximum atomic E-state index is 13.4. The molecule has 4 rings (SSSR count). The van der Waals surface area contributed by atoms with Gasteiger partial charge in [-0.2, -0.15) is 5.10 Å². The van der Waals surface area contributed by atoms with Crippen molar-refractivity contribution in [3.05, 3.63) is 77.9 Å². The maximum absolute atomic E-state index is 13.4. The minimum Gasteiger partial charge on any atom is -0.493 e. The summed E-state index contributed by atoms with van der Waals surface area (Å²) in [7, 11) is 1.47. The molecular formula is C23H26FN3O3. The Labute approximate surface area is 175 Å². The highest BCUT2D eigenvalue weighted by Crippen LogP contribution is 2.30. The normalized spacial score (nSPS) is 19.6. The number of hydrogen-bond acceptors (Lipinski definition) is 5. The molecule has 1 aliphatic rings. The van der Waals surface area contributed by atoms with Crippen LogP contribution in [-0.2, 0) is 13.1 Å². The van der Waals surface area contributed by atoms with Crippen molar-refractivity contribution in [2.75, 3.05) is 20.2 Å². The van der Waals surface area contributed by atoms with E-state index in [2.05, 4.69) is 22.1 Å². The summed E-state index contributed by atoms with van der Waals surface area (Å²) in [5.41, 5.74) is 2.44. The highest BCUT2D eigenvalue weighted by Gasteiger charge is 2.30. The van der Waals surface area contributed by atoms with Crippen LogP contribution in [0.5, 0.6) is 11.5 Å². The number of ether oxygens (including phenoxy) is 2. The van der Waals surface area contributed by atoms with Gasteiger partial charge in [0, 0.05) is 38.1 Å². The van der Waals surface area contributed by atoms with Crippen molar-refractivity contribution >= 4 is 0 Å². The highest BCUT2D eigenvalue weighted by molar-refractivity contribution is 5.40. The van der Waals surface area contributed by atoms with E-state index in [0.717, 1.165) is 19.6 Å². The zero-order chi connectivity index (χ0) is 20.9. The smallest absolute Gasteiger partial charge is 0.163 e. The lowest BCUT2D eigenvalue weighted by Gasteiger charge is -2.36. The number of methoxy groups -OCH3 is 1. The minimum absolute atomic E-state index is 0.331. The van der Waals surface area contributed by atoms with Gasteiger partial charge in [-0.3, -0.25) is 9.58 Å². The summed E-state index contributed by atoms with van der Waals surface area (Å²) in [5, 5.41) is 15.0. The number of rotatable bonds is 7. The number of hydrogen-bond donors (Lipinski definition) is 1. The molecular weight excluding hydrogens is 385 g/mol. The van der Waals surface area contributed by atoms with Gasteiger partial charge in [0.2, 0.25) is 0 Å². The maximum Gasteiger partial charge on any atom is 0.163 e. The summed E-state index contributed by atoms with van der Waals surface area (Å²) in [6.45, 7) is 2.77. The van der Waals surface area contributed by atoms with Crippen molar-refractivity contribution in [2.24, 2.45) is 0 Å². The van der Waals surface area contributed by atoms with E-state index < -0.39 is 6.10 Å². The van der Waals surface area contributed by atoms with Crippen LogP contribution in [0, 0.1) is 5.82 Å². The Morgan fingerprint density at radius 1 is 1.10 bits per heavy atom. The molecule has 0 radical (unpaired) electrons. The van der Waals surface area contributed by atoms with Crippen molar-refractivity contribution < 1.29 is 19.0 Å². The van der Waals surface area contributed by atoms with E-state index in [1.54, 1.807) is 12.3 Å². The first-order chi connectivity index (χ1) is 14.6. The second kappa shape index (κ2) is 9.28. The van der Waals surface area contributed by atoms with E-state index >= 15 is 0 Å². The van der Waals surface area contributed by atoms with Crippen LogP contribution in [0.1, 0.15) is 17.5 Å². The average Bonchev–Trinajstić information content (AvgIpc) is 3.25. The second-order valence-corrected chi connectivity index (χ2v) is 7.51. The van der Waals surface area contributed by atoms with Gasteiger partial charge in [0.05, 0.1) is 13.7 Å². The minimum atomic E-state index is -0.646. The van der Waals surface area contributed by atoms with Crippen LogP contribution in [0.4, 0.5) is 4.39 Å². The van der Waals surface area contributed by atoms with E-state index in [1.807, 2.05) is 29.1 Å². The predicted octanol–water partition coefficient (Wildman–Crippen LogP) is 3.09. The molecule has 0 bridgehead atoms. The number of halogens is 1. The lowest BCUT2D eigenvalue weighted by molar-refractivity contribution is -0.0283. The molecule has 30 heavy (non-hydrogen) atoms. The van der Waals surface area contributed by atoms with Crippen LogP contribution in [0.3, 0.4) is 0 Å². The Bertz CT molecular complexity index is 964. The van der Waals surface area contributed by atoms with Gasteiger partial charge in [-0.05, 0) is 35.7 Å². The zero-order valence-corrected chi connectivity index (χ0v) is 16.9. The van der Waals surface area contributed by atoms with Gasteiger partial charge in [-0.15, -0.1) is 0 Å². The summed E-state index contributed by atoms with van der Waals surface area (Å²) in [6.07, 6.45) is 3.39. The van der Waals surface area contributed by atoms with E-state index in [0.29, 0.717) is 24.5 Å². The molecule has 6 nitrogen and oxygen atoms in total. The molecule has 2 heterocycles. The molecule has 7 heteroatoms. The lowest BCUT2D eigenvalue weighted by atomic mass is 10.0. The summed E-state index contributed by atoms with van der Waals surface area (Å²) in [6, 6.07) is 14.4. The first-order valence-electron chi connectivity index (χ1n) is 10.1. The van der Waals surface area contributed by atoms with Crippen LogP contribution in [0.15, 0.2) is 60.9 Å². The van der Waals surface area contributed by atoms with E-state index in [4.69, 9.17) is 9.47 Å². The first kappa shape index (κ1) is 20.4. The van der Waals surface area contributed by atoms with Gasteiger partial charge in [-0.1, -0.05) is 24.3 Å². The molecule has 0 unspecified atom stereocenters. The Morgan fingerprint density at radius 2 is 1.90 bits per heavy atom. The van der Waals surface area contributed by atoms with Crippen molar-refractivity contribution in [1.29, 1.82) is 0 Å². The van der Waals surface area contributed by atoms with Gasteiger partial charge < -0.3 is 14.6 Å². The van der Waals surface area contributed by atoms with Crippen molar-refractivity contribution in [3.8, 4) is 11.5 Å². The molecule has 2 atom stereocenters. The third-order valence-corrected chi connectivity index (χ3v) is 5.41. The lowest BCUT2D eigenvalue weighted by Crippen LogP contribution is -2.48. The van der Waals surface area contributed by atoms with Crippen molar-refractivity contribution in [1.82, 2.24) is 14.7 Å². The second-order valence-electron chi connectivity index (χ2n) is 7.51. The van der Waals surface area contributed by atoms with Crippen LogP contribution < -0.4 is 9.47 Å². The van der Waals surface area contributed by atoms with Crippen LogP contribution >= 0.6 is 0 Å².